The Morgan fingerprint density at radius 3 is 2.68 bits per heavy atom. The second-order valence-electron chi connectivity index (χ2n) is 6.89. The Morgan fingerprint density at radius 1 is 1.18 bits per heavy atom. The summed E-state index contributed by atoms with van der Waals surface area (Å²) in [5.74, 6) is 1.81. The molecule has 2 aromatic rings. The molecule has 0 radical (unpaired) electrons. The zero-order valence-electron chi connectivity index (χ0n) is 15.6. The molecular formula is C20H23ClN2O5. The van der Waals surface area contributed by atoms with Crippen LogP contribution in [0.5, 0.6) is 11.5 Å². The van der Waals surface area contributed by atoms with Crippen molar-refractivity contribution in [1.82, 2.24) is 10.6 Å². The maximum atomic E-state index is 12.5. The number of rotatable bonds is 4. The van der Waals surface area contributed by atoms with Crippen LogP contribution in [0.3, 0.4) is 0 Å². The van der Waals surface area contributed by atoms with E-state index in [1.54, 1.807) is 13.0 Å². The summed E-state index contributed by atoms with van der Waals surface area (Å²) in [6.45, 7) is 4.08. The molecule has 1 amide bonds. The first-order valence-electron chi connectivity index (χ1n) is 9.14. The number of aryl methyl sites for hydroxylation is 1. The fourth-order valence-corrected chi connectivity index (χ4v) is 3.54. The standard InChI is InChI=1S/C20H22N2O5.ClH/c1-12-8-16(14-4-6-21-7-5-14)27-20(24)18(12)19(23)22-10-13-2-3-15-17(9-13)26-11-25-15;/h2-3,8-9,14,21H,4-7,10-11H2,1H3,(H,22,23);1H. The summed E-state index contributed by atoms with van der Waals surface area (Å²) in [6.07, 6.45) is 1.86. The van der Waals surface area contributed by atoms with Crippen molar-refractivity contribution in [2.75, 3.05) is 19.9 Å². The van der Waals surface area contributed by atoms with E-state index in [2.05, 4.69) is 10.6 Å². The Kier molecular flexibility index (Phi) is 6.26. The summed E-state index contributed by atoms with van der Waals surface area (Å²) in [5, 5.41) is 6.07. The van der Waals surface area contributed by atoms with E-state index in [1.807, 2.05) is 18.2 Å². The van der Waals surface area contributed by atoms with E-state index in [1.165, 1.54) is 0 Å². The number of halogens is 1. The molecule has 28 heavy (non-hydrogen) atoms. The molecule has 7 nitrogen and oxygen atoms in total. The van der Waals surface area contributed by atoms with Crippen molar-refractivity contribution in [1.29, 1.82) is 0 Å². The second kappa shape index (κ2) is 8.67. The third kappa shape index (κ3) is 4.15. The molecule has 2 aliphatic rings. The highest BCUT2D eigenvalue weighted by Crippen LogP contribution is 2.32. The first-order valence-corrected chi connectivity index (χ1v) is 9.14. The first kappa shape index (κ1) is 20.2. The molecule has 0 unspecified atom stereocenters. The highest BCUT2D eigenvalue weighted by molar-refractivity contribution is 5.95. The number of amides is 1. The van der Waals surface area contributed by atoms with Crippen LogP contribution in [-0.4, -0.2) is 25.8 Å². The number of piperidine rings is 1. The lowest BCUT2D eigenvalue weighted by Crippen LogP contribution is -2.30. The van der Waals surface area contributed by atoms with E-state index < -0.39 is 11.5 Å². The van der Waals surface area contributed by atoms with Gasteiger partial charge in [0.1, 0.15) is 11.3 Å². The Morgan fingerprint density at radius 2 is 1.93 bits per heavy atom. The molecule has 1 aromatic heterocycles. The molecule has 2 aliphatic heterocycles. The smallest absolute Gasteiger partial charge is 0.349 e. The van der Waals surface area contributed by atoms with Gasteiger partial charge in [-0.3, -0.25) is 4.79 Å². The van der Waals surface area contributed by atoms with Crippen LogP contribution in [0.4, 0.5) is 0 Å². The molecule has 1 aromatic carbocycles. The van der Waals surface area contributed by atoms with Crippen molar-refractivity contribution in [3.05, 3.63) is 57.1 Å². The zero-order valence-corrected chi connectivity index (χ0v) is 16.4. The number of carbonyl (C=O) groups excluding carboxylic acids is 1. The van der Waals surface area contributed by atoms with Crippen molar-refractivity contribution in [2.24, 2.45) is 0 Å². The average molecular weight is 407 g/mol. The lowest BCUT2D eigenvalue weighted by atomic mass is 9.94. The van der Waals surface area contributed by atoms with Gasteiger partial charge in [-0.1, -0.05) is 6.07 Å². The van der Waals surface area contributed by atoms with Crippen LogP contribution in [0.2, 0.25) is 0 Å². The molecule has 3 heterocycles. The Balaban J connectivity index is 0.00000225. The summed E-state index contributed by atoms with van der Waals surface area (Å²) < 4.78 is 16.1. The topological polar surface area (TPSA) is 89.8 Å². The predicted octanol–water partition coefficient (Wildman–Crippen LogP) is 2.50. The van der Waals surface area contributed by atoms with Crippen LogP contribution in [0.15, 0.2) is 33.5 Å². The minimum Gasteiger partial charge on any atom is -0.454 e. The van der Waals surface area contributed by atoms with Gasteiger partial charge >= 0.3 is 5.63 Å². The Hall–Kier alpha value is -2.51. The second-order valence-corrected chi connectivity index (χ2v) is 6.89. The third-order valence-electron chi connectivity index (χ3n) is 5.03. The van der Waals surface area contributed by atoms with E-state index in [0.29, 0.717) is 22.8 Å². The van der Waals surface area contributed by atoms with E-state index >= 15 is 0 Å². The number of carbonyl (C=O) groups is 1. The fourth-order valence-electron chi connectivity index (χ4n) is 3.54. The molecule has 0 atom stereocenters. The minimum atomic E-state index is -0.577. The van der Waals surface area contributed by atoms with Crippen LogP contribution < -0.4 is 25.7 Å². The van der Waals surface area contributed by atoms with Gasteiger partial charge in [-0.2, -0.15) is 0 Å². The van der Waals surface area contributed by atoms with Crippen molar-refractivity contribution in [3.63, 3.8) is 0 Å². The monoisotopic (exact) mass is 406 g/mol. The summed E-state index contributed by atoms with van der Waals surface area (Å²) >= 11 is 0. The van der Waals surface area contributed by atoms with Crippen LogP contribution in [0.25, 0.3) is 0 Å². The maximum Gasteiger partial charge on any atom is 0.349 e. The van der Waals surface area contributed by atoms with Gasteiger partial charge in [0.25, 0.3) is 5.91 Å². The maximum absolute atomic E-state index is 12.5. The highest BCUT2D eigenvalue weighted by atomic mass is 35.5. The molecule has 1 fully saturated rings. The molecule has 0 bridgehead atoms. The van der Waals surface area contributed by atoms with Gasteiger partial charge in [0.2, 0.25) is 6.79 Å². The molecule has 150 valence electrons. The Bertz CT molecular complexity index is 921. The van der Waals surface area contributed by atoms with Crippen LogP contribution in [0.1, 0.15) is 46.0 Å². The lowest BCUT2D eigenvalue weighted by Gasteiger charge is -2.21. The van der Waals surface area contributed by atoms with Gasteiger partial charge in [-0.05, 0) is 62.2 Å². The molecular weight excluding hydrogens is 384 g/mol. The molecule has 8 heteroatoms. The van der Waals surface area contributed by atoms with E-state index in [-0.39, 0.29) is 37.2 Å². The molecule has 2 N–H and O–H groups in total. The molecule has 1 saturated heterocycles. The minimum absolute atomic E-state index is 0. The van der Waals surface area contributed by atoms with Gasteiger partial charge in [0.05, 0.1) is 0 Å². The largest absolute Gasteiger partial charge is 0.454 e. The van der Waals surface area contributed by atoms with Crippen molar-refractivity contribution in [3.8, 4) is 11.5 Å². The predicted molar refractivity (Wildman–Crippen MR) is 106 cm³/mol. The van der Waals surface area contributed by atoms with Crippen molar-refractivity contribution in [2.45, 2.75) is 32.2 Å². The summed E-state index contributed by atoms with van der Waals surface area (Å²) in [6, 6.07) is 7.30. The summed E-state index contributed by atoms with van der Waals surface area (Å²) in [4.78, 5) is 25.0. The zero-order chi connectivity index (χ0) is 18.8. The quantitative estimate of drug-likeness (QED) is 0.810. The van der Waals surface area contributed by atoms with Gasteiger partial charge in [-0.15, -0.1) is 12.4 Å². The van der Waals surface area contributed by atoms with Gasteiger partial charge in [0, 0.05) is 12.5 Å². The lowest BCUT2D eigenvalue weighted by molar-refractivity contribution is 0.0945. The number of hydrogen-bond acceptors (Lipinski definition) is 6. The molecule has 0 saturated carbocycles. The van der Waals surface area contributed by atoms with Crippen LogP contribution >= 0.6 is 12.4 Å². The average Bonchev–Trinajstić information content (AvgIpc) is 3.14. The summed E-state index contributed by atoms with van der Waals surface area (Å²) in [7, 11) is 0. The SMILES string of the molecule is Cc1cc(C2CCNCC2)oc(=O)c1C(=O)NCc1ccc2c(c1)OCO2.Cl. The number of fused-ring (bicyclic) bond motifs is 1. The summed E-state index contributed by atoms with van der Waals surface area (Å²) in [5.41, 5.74) is 0.990. The molecule has 0 aliphatic carbocycles. The molecule has 4 rings (SSSR count). The Labute approximate surface area is 168 Å². The fraction of sp³-hybridized carbons (Fsp3) is 0.400. The number of benzene rings is 1. The first-order chi connectivity index (χ1) is 13.1. The van der Waals surface area contributed by atoms with Gasteiger partial charge in [0.15, 0.2) is 11.5 Å². The third-order valence-corrected chi connectivity index (χ3v) is 5.03. The van der Waals surface area contributed by atoms with Crippen LogP contribution in [0, 0.1) is 6.92 Å². The number of hydrogen-bond donors (Lipinski definition) is 2. The van der Waals surface area contributed by atoms with Gasteiger partial charge in [-0.25, -0.2) is 4.79 Å². The van der Waals surface area contributed by atoms with E-state index in [0.717, 1.165) is 31.5 Å². The van der Waals surface area contributed by atoms with Gasteiger partial charge < -0.3 is 24.5 Å². The van der Waals surface area contributed by atoms with E-state index in [9.17, 15) is 9.59 Å². The number of nitrogens with one attached hydrogen (secondary N) is 2. The highest BCUT2D eigenvalue weighted by Gasteiger charge is 2.22. The normalized spacial score (nSPS) is 15.8. The van der Waals surface area contributed by atoms with Crippen molar-refractivity contribution >= 4 is 18.3 Å². The van der Waals surface area contributed by atoms with Crippen LogP contribution in [-0.2, 0) is 6.54 Å². The van der Waals surface area contributed by atoms with E-state index in [4.69, 9.17) is 13.9 Å². The van der Waals surface area contributed by atoms with Crippen molar-refractivity contribution < 1.29 is 18.7 Å². The number of ether oxygens (including phenoxy) is 2. The molecule has 0 spiro atoms.